The molecule has 6 nitrogen and oxygen atoms in total. The molecule has 0 aliphatic carbocycles. The first kappa shape index (κ1) is 16.0. The monoisotopic (exact) mass is 327 g/mol. The summed E-state index contributed by atoms with van der Waals surface area (Å²) in [7, 11) is 0. The molecular formula is C19H13N5O. The predicted octanol–water partition coefficient (Wildman–Crippen LogP) is 4.05. The van der Waals surface area contributed by atoms with Crippen molar-refractivity contribution in [1.82, 2.24) is 10.1 Å². The van der Waals surface area contributed by atoms with Gasteiger partial charge in [0.15, 0.2) is 0 Å². The first-order valence-electron chi connectivity index (χ1n) is 7.47. The highest BCUT2D eigenvalue weighted by Gasteiger charge is 2.10. The Labute approximate surface area is 144 Å². The van der Waals surface area contributed by atoms with Gasteiger partial charge < -0.3 is 9.84 Å². The number of nitrogens with zero attached hydrogens (tertiary/aromatic N) is 4. The lowest BCUT2D eigenvalue weighted by Gasteiger charge is -2.01. The number of aromatic nitrogens is 2. The third kappa shape index (κ3) is 3.72. The van der Waals surface area contributed by atoms with E-state index in [9.17, 15) is 0 Å². The van der Waals surface area contributed by atoms with Gasteiger partial charge in [0.05, 0.1) is 0 Å². The van der Waals surface area contributed by atoms with Gasteiger partial charge in [-0.2, -0.15) is 15.5 Å². The maximum absolute atomic E-state index is 8.75. The summed E-state index contributed by atoms with van der Waals surface area (Å²) in [6.45, 7) is 2.02. The SMILES string of the molecule is Cc1ccc(-c2noc(-c3cccc(NC=C(C#N)C#N)c3)n2)cc1. The van der Waals surface area contributed by atoms with Crippen molar-refractivity contribution >= 4 is 5.69 Å². The van der Waals surface area contributed by atoms with E-state index in [2.05, 4.69) is 15.5 Å². The molecule has 0 amide bonds. The van der Waals surface area contributed by atoms with E-state index in [-0.39, 0.29) is 5.57 Å². The number of hydrogen-bond acceptors (Lipinski definition) is 6. The standard InChI is InChI=1S/C19H13N5O/c1-13-5-7-15(8-6-13)18-23-19(25-24-18)16-3-2-4-17(9-16)22-12-14(10-20)11-21/h2-9,12,22H,1H3. The Kier molecular flexibility index (Phi) is 4.55. The molecule has 120 valence electrons. The van der Waals surface area contributed by atoms with E-state index >= 15 is 0 Å². The van der Waals surface area contributed by atoms with E-state index in [0.29, 0.717) is 17.4 Å². The van der Waals surface area contributed by atoms with E-state index in [1.807, 2.05) is 49.4 Å². The number of nitriles is 2. The van der Waals surface area contributed by atoms with Gasteiger partial charge in [0.2, 0.25) is 5.82 Å². The maximum Gasteiger partial charge on any atom is 0.258 e. The first-order chi connectivity index (χ1) is 12.2. The predicted molar refractivity (Wildman–Crippen MR) is 92.8 cm³/mol. The molecule has 0 spiro atoms. The molecule has 0 atom stereocenters. The van der Waals surface area contributed by atoms with Crippen LogP contribution in [-0.4, -0.2) is 10.1 Å². The highest BCUT2D eigenvalue weighted by molar-refractivity contribution is 5.64. The fourth-order valence-corrected chi connectivity index (χ4v) is 2.15. The summed E-state index contributed by atoms with van der Waals surface area (Å²) >= 11 is 0. The van der Waals surface area contributed by atoms with Gasteiger partial charge in [-0.15, -0.1) is 0 Å². The van der Waals surface area contributed by atoms with Gasteiger partial charge in [0, 0.05) is 23.0 Å². The van der Waals surface area contributed by atoms with Crippen molar-refractivity contribution in [2.75, 3.05) is 5.32 Å². The third-order valence-corrected chi connectivity index (χ3v) is 3.47. The largest absolute Gasteiger partial charge is 0.360 e. The number of allylic oxidation sites excluding steroid dienone is 1. The Balaban J connectivity index is 1.85. The lowest BCUT2D eigenvalue weighted by atomic mass is 10.1. The Morgan fingerprint density at radius 3 is 2.56 bits per heavy atom. The molecule has 2 aromatic carbocycles. The second-order valence-corrected chi connectivity index (χ2v) is 5.30. The second kappa shape index (κ2) is 7.12. The Morgan fingerprint density at radius 1 is 1.08 bits per heavy atom. The van der Waals surface area contributed by atoms with Gasteiger partial charge >= 0.3 is 0 Å². The molecule has 1 aromatic heterocycles. The van der Waals surface area contributed by atoms with E-state index in [4.69, 9.17) is 15.0 Å². The Hall–Kier alpha value is -3.90. The summed E-state index contributed by atoms with van der Waals surface area (Å²) in [6.07, 6.45) is 1.35. The Bertz CT molecular complexity index is 987. The molecule has 3 aromatic rings. The van der Waals surface area contributed by atoms with Gasteiger partial charge in [-0.1, -0.05) is 41.1 Å². The highest BCUT2D eigenvalue weighted by atomic mass is 16.5. The van der Waals surface area contributed by atoms with Crippen LogP contribution in [0.1, 0.15) is 5.56 Å². The molecule has 0 saturated carbocycles. The molecule has 0 radical (unpaired) electrons. The molecule has 0 bridgehead atoms. The van der Waals surface area contributed by atoms with E-state index in [1.165, 1.54) is 6.20 Å². The van der Waals surface area contributed by atoms with Crippen molar-refractivity contribution in [2.45, 2.75) is 6.92 Å². The van der Waals surface area contributed by atoms with Crippen LogP contribution in [0.25, 0.3) is 22.8 Å². The van der Waals surface area contributed by atoms with Crippen LogP contribution in [-0.2, 0) is 0 Å². The minimum Gasteiger partial charge on any atom is -0.360 e. The lowest BCUT2D eigenvalue weighted by molar-refractivity contribution is 0.432. The molecule has 1 heterocycles. The highest BCUT2D eigenvalue weighted by Crippen LogP contribution is 2.24. The molecule has 6 heteroatoms. The summed E-state index contributed by atoms with van der Waals surface area (Å²) in [4.78, 5) is 4.42. The van der Waals surface area contributed by atoms with Crippen LogP contribution in [0.4, 0.5) is 5.69 Å². The molecule has 1 N–H and O–H groups in total. The van der Waals surface area contributed by atoms with Crippen LogP contribution in [0.5, 0.6) is 0 Å². The van der Waals surface area contributed by atoms with Crippen LogP contribution < -0.4 is 5.32 Å². The average molecular weight is 327 g/mol. The minimum absolute atomic E-state index is 0.00940. The van der Waals surface area contributed by atoms with Gasteiger partial charge in [-0.25, -0.2) is 0 Å². The zero-order chi connectivity index (χ0) is 17.6. The average Bonchev–Trinajstić information content (AvgIpc) is 3.14. The topological polar surface area (TPSA) is 98.5 Å². The zero-order valence-electron chi connectivity index (χ0n) is 13.4. The summed E-state index contributed by atoms with van der Waals surface area (Å²) < 4.78 is 5.35. The molecule has 3 rings (SSSR count). The summed E-state index contributed by atoms with van der Waals surface area (Å²) in [5.41, 5.74) is 3.47. The summed E-state index contributed by atoms with van der Waals surface area (Å²) in [5.74, 6) is 0.911. The maximum atomic E-state index is 8.75. The Morgan fingerprint density at radius 2 is 1.84 bits per heavy atom. The molecule has 25 heavy (non-hydrogen) atoms. The van der Waals surface area contributed by atoms with Crippen LogP contribution in [0.2, 0.25) is 0 Å². The van der Waals surface area contributed by atoms with E-state index in [1.54, 1.807) is 18.2 Å². The summed E-state index contributed by atoms with van der Waals surface area (Å²) in [6, 6.07) is 18.7. The molecular weight excluding hydrogens is 314 g/mol. The van der Waals surface area contributed by atoms with Crippen molar-refractivity contribution in [3.05, 3.63) is 65.9 Å². The van der Waals surface area contributed by atoms with Crippen molar-refractivity contribution in [1.29, 1.82) is 10.5 Å². The van der Waals surface area contributed by atoms with Crippen molar-refractivity contribution in [2.24, 2.45) is 0 Å². The zero-order valence-corrected chi connectivity index (χ0v) is 13.4. The number of anilines is 1. The molecule has 0 saturated heterocycles. The fourth-order valence-electron chi connectivity index (χ4n) is 2.15. The quantitative estimate of drug-likeness (QED) is 0.726. The van der Waals surface area contributed by atoms with Crippen molar-refractivity contribution < 1.29 is 4.52 Å². The molecule has 0 aliphatic heterocycles. The van der Waals surface area contributed by atoms with Crippen LogP contribution in [0, 0.1) is 29.6 Å². The molecule has 0 aliphatic rings. The smallest absolute Gasteiger partial charge is 0.258 e. The number of benzene rings is 2. The normalized spacial score (nSPS) is 9.72. The number of nitrogens with one attached hydrogen (secondary N) is 1. The minimum atomic E-state index is -0.00940. The van der Waals surface area contributed by atoms with Crippen LogP contribution >= 0.6 is 0 Å². The number of aryl methyl sites for hydroxylation is 1. The number of hydrogen-bond donors (Lipinski definition) is 1. The summed E-state index contributed by atoms with van der Waals surface area (Å²) in [5, 5.41) is 24.4. The van der Waals surface area contributed by atoms with Crippen molar-refractivity contribution in [3.63, 3.8) is 0 Å². The van der Waals surface area contributed by atoms with Crippen LogP contribution in [0.15, 0.2) is 64.8 Å². The third-order valence-electron chi connectivity index (χ3n) is 3.47. The first-order valence-corrected chi connectivity index (χ1v) is 7.47. The number of rotatable bonds is 4. The molecule has 0 fully saturated rings. The lowest BCUT2D eigenvalue weighted by Crippen LogP contribution is -1.90. The van der Waals surface area contributed by atoms with Gasteiger partial charge in [-0.05, 0) is 25.1 Å². The van der Waals surface area contributed by atoms with Gasteiger partial charge in [-0.3, -0.25) is 0 Å². The van der Waals surface area contributed by atoms with Gasteiger partial charge in [0.1, 0.15) is 17.7 Å². The van der Waals surface area contributed by atoms with E-state index < -0.39 is 0 Å². The van der Waals surface area contributed by atoms with Crippen molar-refractivity contribution in [3.8, 4) is 35.0 Å². The van der Waals surface area contributed by atoms with Crippen LogP contribution in [0.3, 0.4) is 0 Å². The second-order valence-electron chi connectivity index (χ2n) is 5.30. The molecule has 0 unspecified atom stereocenters. The van der Waals surface area contributed by atoms with Gasteiger partial charge in [0.25, 0.3) is 5.89 Å². The fraction of sp³-hybridized carbons (Fsp3) is 0.0526. The van der Waals surface area contributed by atoms with E-state index in [0.717, 1.165) is 16.7 Å².